The van der Waals surface area contributed by atoms with Crippen molar-refractivity contribution in [3.8, 4) is 0 Å². The Bertz CT molecular complexity index is 687. The molecule has 0 radical (unpaired) electrons. The highest BCUT2D eigenvalue weighted by molar-refractivity contribution is 5.76. The van der Waals surface area contributed by atoms with Crippen molar-refractivity contribution >= 4 is 5.91 Å². The molecule has 0 bridgehead atoms. The number of aryl methyl sites for hydroxylation is 1. The first-order valence-electron chi connectivity index (χ1n) is 9.97. The van der Waals surface area contributed by atoms with Gasteiger partial charge in [-0.1, -0.05) is 57.9 Å². The normalized spacial score (nSPS) is 11.1. The fourth-order valence-corrected chi connectivity index (χ4v) is 3.24. The van der Waals surface area contributed by atoms with Gasteiger partial charge in [-0.05, 0) is 42.5 Å². The van der Waals surface area contributed by atoms with Crippen molar-refractivity contribution in [2.45, 2.75) is 66.5 Å². The Morgan fingerprint density at radius 1 is 1.12 bits per heavy atom. The van der Waals surface area contributed by atoms with Gasteiger partial charge in [0.05, 0.1) is 6.54 Å². The Balaban J connectivity index is 2.11. The Morgan fingerprint density at radius 2 is 1.88 bits per heavy atom. The molecule has 3 nitrogen and oxygen atoms in total. The first-order chi connectivity index (χ1) is 12.5. The highest BCUT2D eigenvalue weighted by Crippen LogP contribution is 2.15. The lowest BCUT2D eigenvalue weighted by atomic mass is 10.1. The van der Waals surface area contributed by atoms with Gasteiger partial charge in [0.1, 0.15) is 0 Å². The fourth-order valence-electron chi connectivity index (χ4n) is 3.24. The van der Waals surface area contributed by atoms with E-state index in [1.165, 1.54) is 29.7 Å². The molecule has 26 heavy (non-hydrogen) atoms. The lowest BCUT2D eigenvalue weighted by molar-refractivity contribution is -0.132. The average Bonchev–Trinajstić information content (AvgIpc) is 3.02. The van der Waals surface area contributed by atoms with Crippen molar-refractivity contribution in [1.82, 2.24) is 9.47 Å². The molecule has 142 valence electrons. The molecule has 0 aliphatic heterocycles. The number of carbonyl (C=O) groups excluding carboxylic acids is 1. The quantitative estimate of drug-likeness (QED) is 0.524. The predicted molar refractivity (Wildman–Crippen MR) is 109 cm³/mol. The largest absolute Gasteiger partial charge is 0.345 e. The van der Waals surface area contributed by atoms with Gasteiger partial charge in [0.25, 0.3) is 0 Å². The van der Waals surface area contributed by atoms with Gasteiger partial charge in [0.2, 0.25) is 5.91 Å². The van der Waals surface area contributed by atoms with Crippen LogP contribution in [0.15, 0.2) is 42.6 Å². The third-order valence-corrected chi connectivity index (χ3v) is 4.85. The molecule has 0 spiro atoms. The van der Waals surface area contributed by atoms with Gasteiger partial charge in [0.15, 0.2) is 0 Å². The Morgan fingerprint density at radius 3 is 2.58 bits per heavy atom. The minimum atomic E-state index is 0.278. The molecule has 0 atom stereocenters. The van der Waals surface area contributed by atoms with Crippen LogP contribution in [0.2, 0.25) is 0 Å². The standard InChI is InChI=1S/C23H34N2O/c1-5-6-9-14-25(23(26)16-19(2)3)18-22-13-10-15-24(22)17-21-12-8-7-11-20(21)4/h7-8,10-13,15,19H,5-6,9,14,16-18H2,1-4H3. The van der Waals surface area contributed by atoms with Crippen LogP contribution < -0.4 is 0 Å². The number of aromatic nitrogens is 1. The topological polar surface area (TPSA) is 25.2 Å². The van der Waals surface area contributed by atoms with E-state index in [0.29, 0.717) is 18.9 Å². The molecule has 0 aliphatic carbocycles. The van der Waals surface area contributed by atoms with Crippen molar-refractivity contribution in [1.29, 1.82) is 0 Å². The molecule has 0 saturated carbocycles. The average molecular weight is 355 g/mol. The van der Waals surface area contributed by atoms with Gasteiger partial charge in [0, 0.05) is 31.4 Å². The molecule has 0 fully saturated rings. The van der Waals surface area contributed by atoms with E-state index in [0.717, 1.165) is 19.5 Å². The number of carbonyl (C=O) groups is 1. The number of benzene rings is 1. The van der Waals surface area contributed by atoms with Gasteiger partial charge in [-0.15, -0.1) is 0 Å². The van der Waals surface area contributed by atoms with E-state index < -0.39 is 0 Å². The first-order valence-corrected chi connectivity index (χ1v) is 9.97. The second-order valence-corrected chi connectivity index (χ2v) is 7.67. The summed E-state index contributed by atoms with van der Waals surface area (Å²) in [5.41, 5.74) is 3.85. The highest BCUT2D eigenvalue weighted by atomic mass is 16.2. The van der Waals surface area contributed by atoms with Crippen molar-refractivity contribution in [3.63, 3.8) is 0 Å². The molecule has 1 amide bonds. The molecule has 0 N–H and O–H groups in total. The van der Waals surface area contributed by atoms with Crippen LogP contribution in [0.3, 0.4) is 0 Å². The van der Waals surface area contributed by atoms with Crippen LogP contribution in [-0.2, 0) is 17.9 Å². The zero-order valence-corrected chi connectivity index (χ0v) is 16.9. The Hall–Kier alpha value is -2.03. The van der Waals surface area contributed by atoms with Gasteiger partial charge in [-0.25, -0.2) is 0 Å². The number of unbranched alkanes of at least 4 members (excludes halogenated alkanes) is 2. The molecular weight excluding hydrogens is 320 g/mol. The summed E-state index contributed by atoms with van der Waals surface area (Å²) in [6.07, 6.45) is 6.19. The van der Waals surface area contributed by atoms with Gasteiger partial charge in [-0.3, -0.25) is 4.79 Å². The molecule has 0 unspecified atom stereocenters. The summed E-state index contributed by atoms with van der Waals surface area (Å²) in [6.45, 7) is 11.0. The maximum atomic E-state index is 12.7. The lowest BCUT2D eigenvalue weighted by Gasteiger charge is -2.25. The minimum Gasteiger partial charge on any atom is -0.345 e. The third kappa shape index (κ3) is 6.05. The van der Waals surface area contributed by atoms with Crippen molar-refractivity contribution in [2.75, 3.05) is 6.54 Å². The lowest BCUT2D eigenvalue weighted by Crippen LogP contribution is -2.33. The van der Waals surface area contributed by atoms with Crippen LogP contribution in [0.25, 0.3) is 0 Å². The van der Waals surface area contributed by atoms with Crippen LogP contribution in [0.4, 0.5) is 0 Å². The molecule has 1 aromatic heterocycles. The number of hydrogen-bond acceptors (Lipinski definition) is 1. The molecular formula is C23H34N2O. The highest BCUT2D eigenvalue weighted by Gasteiger charge is 2.16. The van der Waals surface area contributed by atoms with Crippen LogP contribution >= 0.6 is 0 Å². The summed E-state index contributed by atoms with van der Waals surface area (Å²) < 4.78 is 2.28. The van der Waals surface area contributed by atoms with Crippen molar-refractivity contribution in [3.05, 3.63) is 59.4 Å². The number of rotatable bonds is 10. The maximum absolute atomic E-state index is 12.7. The van der Waals surface area contributed by atoms with Gasteiger partial charge in [-0.2, -0.15) is 0 Å². The zero-order chi connectivity index (χ0) is 18.9. The predicted octanol–water partition coefficient (Wildman–Crippen LogP) is 5.41. The molecule has 2 aromatic rings. The van der Waals surface area contributed by atoms with E-state index in [-0.39, 0.29) is 5.91 Å². The van der Waals surface area contributed by atoms with Gasteiger partial charge >= 0.3 is 0 Å². The van der Waals surface area contributed by atoms with Crippen LogP contribution in [0.5, 0.6) is 0 Å². The Kier molecular flexibility index (Phi) is 7.96. The monoisotopic (exact) mass is 354 g/mol. The minimum absolute atomic E-state index is 0.278. The number of amides is 1. The maximum Gasteiger partial charge on any atom is 0.223 e. The summed E-state index contributed by atoms with van der Waals surface area (Å²) in [5.74, 6) is 0.676. The van der Waals surface area contributed by atoms with Crippen molar-refractivity contribution < 1.29 is 4.79 Å². The van der Waals surface area contributed by atoms with Crippen LogP contribution in [0, 0.1) is 12.8 Å². The third-order valence-electron chi connectivity index (χ3n) is 4.85. The smallest absolute Gasteiger partial charge is 0.223 e. The Labute approximate surface area is 159 Å². The van der Waals surface area contributed by atoms with E-state index in [4.69, 9.17) is 0 Å². The first kappa shape index (κ1) is 20.3. The van der Waals surface area contributed by atoms with E-state index >= 15 is 0 Å². The SMILES string of the molecule is CCCCCN(Cc1cccn1Cc1ccccc1C)C(=O)CC(C)C. The summed E-state index contributed by atoms with van der Waals surface area (Å²) >= 11 is 0. The summed E-state index contributed by atoms with van der Waals surface area (Å²) in [7, 11) is 0. The summed E-state index contributed by atoms with van der Waals surface area (Å²) in [6, 6.07) is 12.7. The molecule has 3 heteroatoms. The fraction of sp³-hybridized carbons (Fsp3) is 0.522. The molecule has 2 rings (SSSR count). The summed E-state index contributed by atoms with van der Waals surface area (Å²) in [5, 5.41) is 0. The van der Waals surface area contributed by atoms with Crippen molar-refractivity contribution in [2.24, 2.45) is 5.92 Å². The second-order valence-electron chi connectivity index (χ2n) is 7.67. The number of hydrogen-bond donors (Lipinski definition) is 0. The summed E-state index contributed by atoms with van der Waals surface area (Å²) in [4.78, 5) is 14.8. The van der Waals surface area contributed by atoms with E-state index in [1.807, 2.05) is 0 Å². The molecule has 0 aliphatic rings. The molecule has 1 heterocycles. The van der Waals surface area contributed by atoms with Crippen LogP contribution in [-0.4, -0.2) is 21.9 Å². The number of nitrogens with zero attached hydrogens (tertiary/aromatic N) is 2. The van der Waals surface area contributed by atoms with E-state index in [1.54, 1.807) is 0 Å². The molecule has 0 saturated heterocycles. The second kappa shape index (κ2) is 10.2. The van der Waals surface area contributed by atoms with E-state index in [9.17, 15) is 4.79 Å². The molecule has 1 aromatic carbocycles. The van der Waals surface area contributed by atoms with E-state index in [2.05, 4.69) is 79.8 Å². The van der Waals surface area contributed by atoms with Gasteiger partial charge < -0.3 is 9.47 Å². The van der Waals surface area contributed by atoms with Crippen LogP contribution in [0.1, 0.15) is 63.3 Å². The zero-order valence-electron chi connectivity index (χ0n) is 16.9.